The number of nitrogens with zero attached hydrogens (tertiary/aromatic N) is 2. The number of halogens is 1. The van der Waals surface area contributed by atoms with Crippen LogP contribution < -0.4 is 5.32 Å². The zero-order valence-electron chi connectivity index (χ0n) is 12.9. The van der Waals surface area contributed by atoms with Crippen LogP contribution in [0.15, 0.2) is 41.8 Å². The Morgan fingerprint density at radius 2 is 1.78 bits per heavy atom. The Hall–Kier alpha value is -0.960. The zero-order chi connectivity index (χ0) is 16.1. The van der Waals surface area contributed by atoms with E-state index in [1.54, 1.807) is 0 Å². The van der Waals surface area contributed by atoms with Crippen molar-refractivity contribution < 1.29 is 4.79 Å². The molecule has 122 valence electrons. The summed E-state index contributed by atoms with van der Waals surface area (Å²) in [5, 5.41) is 5.09. The minimum absolute atomic E-state index is 0.0675. The van der Waals surface area contributed by atoms with Gasteiger partial charge in [-0.2, -0.15) is 0 Å². The maximum atomic E-state index is 12.1. The van der Waals surface area contributed by atoms with Gasteiger partial charge in [0, 0.05) is 46.9 Å². The minimum Gasteiger partial charge on any atom is -0.325 e. The number of anilines is 1. The molecular formula is C17H20IN3OS. The molecule has 2 heterocycles. The van der Waals surface area contributed by atoms with Gasteiger partial charge in [-0.25, -0.2) is 0 Å². The number of thiophene rings is 1. The maximum absolute atomic E-state index is 12.1. The Morgan fingerprint density at radius 3 is 2.43 bits per heavy atom. The molecule has 1 aromatic heterocycles. The normalized spacial score (nSPS) is 16.4. The summed E-state index contributed by atoms with van der Waals surface area (Å²) in [5.41, 5.74) is 0.867. The molecule has 0 radical (unpaired) electrons. The van der Waals surface area contributed by atoms with Crippen LogP contribution in [-0.2, 0) is 11.3 Å². The van der Waals surface area contributed by atoms with Crippen LogP contribution in [0.25, 0.3) is 0 Å². The number of carbonyl (C=O) groups excluding carboxylic acids is 1. The van der Waals surface area contributed by atoms with E-state index in [0.29, 0.717) is 6.54 Å². The number of hydrogen-bond acceptors (Lipinski definition) is 4. The monoisotopic (exact) mass is 441 g/mol. The molecule has 0 bridgehead atoms. The Morgan fingerprint density at radius 1 is 1.09 bits per heavy atom. The summed E-state index contributed by atoms with van der Waals surface area (Å²) in [4.78, 5) is 18.2. The molecule has 1 fully saturated rings. The van der Waals surface area contributed by atoms with Crippen LogP contribution in [0.3, 0.4) is 0 Å². The second-order valence-corrected chi connectivity index (χ2v) is 7.96. The fourth-order valence-corrected chi connectivity index (χ4v) is 3.77. The van der Waals surface area contributed by atoms with Crippen molar-refractivity contribution in [1.82, 2.24) is 9.80 Å². The van der Waals surface area contributed by atoms with Gasteiger partial charge in [-0.3, -0.25) is 14.6 Å². The molecule has 1 amide bonds. The fraction of sp³-hybridized carbons (Fsp3) is 0.353. The molecule has 0 spiro atoms. The number of rotatable bonds is 5. The van der Waals surface area contributed by atoms with Crippen LogP contribution >= 0.6 is 33.9 Å². The van der Waals surface area contributed by atoms with Gasteiger partial charge in [0.15, 0.2) is 0 Å². The standard InChI is InChI=1S/C17H20IN3OS/c18-14-3-5-15(6-4-14)19-17(22)13-21-9-7-20(8-10-21)12-16-2-1-11-23-16/h1-6,11H,7-10,12-13H2,(H,19,22). The minimum atomic E-state index is 0.0675. The van der Waals surface area contributed by atoms with E-state index in [1.165, 1.54) is 8.45 Å². The first-order chi connectivity index (χ1) is 11.2. The highest BCUT2D eigenvalue weighted by Gasteiger charge is 2.19. The van der Waals surface area contributed by atoms with E-state index in [-0.39, 0.29) is 5.91 Å². The number of piperazine rings is 1. The third kappa shape index (κ3) is 5.27. The Bertz CT molecular complexity index is 622. The first-order valence-corrected chi connectivity index (χ1v) is 9.67. The van der Waals surface area contributed by atoms with Gasteiger partial charge < -0.3 is 5.32 Å². The Balaban J connectivity index is 1.41. The van der Waals surface area contributed by atoms with Crippen LogP contribution in [0.2, 0.25) is 0 Å². The second kappa shape index (κ2) is 8.23. The molecule has 6 heteroatoms. The van der Waals surface area contributed by atoms with Gasteiger partial charge in [-0.05, 0) is 58.3 Å². The third-order valence-electron chi connectivity index (χ3n) is 3.92. The summed E-state index contributed by atoms with van der Waals surface area (Å²) in [5.74, 6) is 0.0675. The molecule has 0 saturated carbocycles. The first kappa shape index (κ1) is 16.9. The highest BCUT2D eigenvalue weighted by Crippen LogP contribution is 2.14. The average molecular weight is 441 g/mol. The van der Waals surface area contributed by atoms with Gasteiger partial charge in [-0.15, -0.1) is 11.3 Å². The van der Waals surface area contributed by atoms with Crippen molar-refractivity contribution >= 4 is 45.5 Å². The summed E-state index contributed by atoms with van der Waals surface area (Å²) < 4.78 is 1.17. The van der Waals surface area contributed by atoms with E-state index in [2.05, 4.69) is 55.2 Å². The number of amides is 1. The van der Waals surface area contributed by atoms with Crippen LogP contribution in [0.4, 0.5) is 5.69 Å². The molecule has 23 heavy (non-hydrogen) atoms. The lowest BCUT2D eigenvalue weighted by Gasteiger charge is -2.34. The van der Waals surface area contributed by atoms with Gasteiger partial charge in [0.25, 0.3) is 0 Å². The summed E-state index contributed by atoms with van der Waals surface area (Å²) >= 11 is 4.07. The molecule has 4 nitrogen and oxygen atoms in total. The molecule has 3 rings (SSSR count). The maximum Gasteiger partial charge on any atom is 0.238 e. The lowest BCUT2D eigenvalue weighted by Crippen LogP contribution is -2.48. The highest BCUT2D eigenvalue weighted by molar-refractivity contribution is 14.1. The number of hydrogen-bond donors (Lipinski definition) is 1. The van der Waals surface area contributed by atoms with Crippen LogP contribution in [0, 0.1) is 3.57 Å². The lowest BCUT2D eigenvalue weighted by molar-refractivity contribution is -0.117. The van der Waals surface area contributed by atoms with E-state index < -0.39 is 0 Å². The van der Waals surface area contributed by atoms with Gasteiger partial charge in [0.2, 0.25) is 5.91 Å². The van der Waals surface area contributed by atoms with Crippen molar-refractivity contribution in [2.45, 2.75) is 6.54 Å². The molecule has 1 saturated heterocycles. The SMILES string of the molecule is O=C(CN1CCN(Cc2cccs2)CC1)Nc1ccc(I)cc1. The smallest absolute Gasteiger partial charge is 0.238 e. The highest BCUT2D eigenvalue weighted by atomic mass is 127. The molecule has 1 aromatic carbocycles. The lowest BCUT2D eigenvalue weighted by atomic mass is 10.3. The number of benzene rings is 1. The van der Waals surface area contributed by atoms with E-state index in [4.69, 9.17) is 0 Å². The van der Waals surface area contributed by atoms with E-state index in [9.17, 15) is 4.79 Å². The largest absolute Gasteiger partial charge is 0.325 e. The quantitative estimate of drug-likeness (QED) is 0.725. The molecule has 1 N–H and O–H groups in total. The van der Waals surface area contributed by atoms with Gasteiger partial charge in [-0.1, -0.05) is 6.07 Å². The summed E-state index contributed by atoms with van der Waals surface area (Å²) in [7, 11) is 0. The molecule has 0 unspecified atom stereocenters. The first-order valence-electron chi connectivity index (χ1n) is 7.71. The van der Waals surface area contributed by atoms with Crippen LogP contribution in [0.1, 0.15) is 4.88 Å². The van der Waals surface area contributed by atoms with Crippen LogP contribution in [0.5, 0.6) is 0 Å². The van der Waals surface area contributed by atoms with Gasteiger partial charge in [0.05, 0.1) is 6.54 Å². The molecule has 1 aliphatic rings. The predicted molar refractivity (Wildman–Crippen MR) is 104 cm³/mol. The molecule has 0 aliphatic carbocycles. The van der Waals surface area contributed by atoms with E-state index in [1.807, 2.05) is 35.6 Å². The summed E-state index contributed by atoms with van der Waals surface area (Å²) in [6.07, 6.45) is 0. The van der Waals surface area contributed by atoms with Crippen LogP contribution in [-0.4, -0.2) is 48.4 Å². The number of nitrogens with one attached hydrogen (secondary N) is 1. The molecular weight excluding hydrogens is 421 g/mol. The average Bonchev–Trinajstić information content (AvgIpc) is 3.04. The zero-order valence-corrected chi connectivity index (χ0v) is 15.8. The number of carbonyl (C=O) groups is 1. The second-order valence-electron chi connectivity index (χ2n) is 5.69. The third-order valence-corrected chi connectivity index (χ3v) is 5.50. The predicted octanol–water partition coefficient (Wildman–Crippen LogP) is 3.11. The van der Waals surface area contributed by atoms with Crippen molar-refractivity contribution in [2.24, 2.45) is 0 Å². The van der Waals surface area contributed by atoms with E-state index >= 15 is 0 Å². The Kier molecular flexibility index (Phi) is 6.04. The van der Waals surface area contributed by atoms with Crippen molar-refractivity contribution in [2.75, 3.05) is 38.0 Å². The van der Waals surface area contributed by atoms with Gasteiger partial charge >= 0.3 is 0 Å². The fourth-order valence-electron chi connectivity index (χ4n) is 2.67. The summed E-state index contributed by atoms with van der Waals surface area (Å²) in [6, 6.07) is 12.2. The topological polar surface area (TPSA) is 35.6 Å². The molecule has 2 aromatic rings. The van der Waals surface area contributed by atoms with Gasteiger partial charge in [0.1, 0.15) is 0 Å². The Labute approximate surface area is 154 Å². The van der Waals surface area contributed by atoms with Crippen molar-refractivity contribution in [3.63, 3.8) is 0 Å². The summed E-state index contributed by atoms with van der Waals surface area (Å²) in [6.45, 7) is 5.44. The van der Waals surface area contributed by atoms with Crippen molar-refractivity contribution in [1.29, 1.82) is 0 Å². The van der Waals surface area contributed by atoms with Crippen molar-refractivity contribution in [3.8, 4) is 0 Å². The molecule has 1 aliphatic heterocycles. The van der Waals surface area contributed by atoms with E-state index in [0.717, 1.165) is 38.4 Å². The van der Waals surface area contributed by atoms with Crippen molar-refractivity contribution in [3.05, 3.63) is 50.2 Å². The molecule has 0 atom stereocenters.